The van der Waals surface area contributed by atoms with Crippen LogP contribution >= 0.6 is 11.3 Å². The first kappa shape index (κ1) is 13.6. The van der Waals surface area contributed by atoms with E-state index in [9.17, 15) is 0 Å². The average molecular weight is 290 g/mol. The fourth-order valence-corrected chi connectivity index (χ4v) is 3.68. The van der Waals surface area contributed by atoms with Gasteiger partial charge in [0.2, 0.25) is 5.95 Å². The van der Waals surface area contributed by atoms with Crippen LogP contribution in [-0.2, 0) is 0 Å². The minimum Gasteiger partial charge on any atom is -0.355 e. The van der Waals surface area contributed by atoms with E-state index in [4.69, 9.17) is 4.98 Å². The number of hydrogen-bond donors (Lipinski definition) is 1. The molecule has 0 aliphatic carbocycles. The SMILES string of the molecule is CCNc1nc(N2CC(C)C(C)C2)c2cc(C)sc2n1. The minimum atomic E-state index is 0.724. The Morgan fingerprint density at radius 1 is 1.30 bits per heavy atom. The first-order valence-corrected chi connectivity index (χ1v) is 8.17. The van der Waals surface area contributed by atoms with Gasteiger partial charge in [0.15, 0.2) is 0 Å². The van der Waals surface area contributed by atoms with Crippen molar-refractivity contribution in [3.8, 4) is 0 Å². The molecule has 5 heteroatoms. The van der Waals surface area contributed by atoms with Crippen LogP contribution in [0, 0.1) is 18.8 Å². The number of fused-ring (bicyclic) bond motifs is 1. The fraction of sp³-hybridized carbons (Fsp3) is 0.600. The van der Waals surface area contributed by atoms with Gasteiger partial charge in [0.1, 0.15) is 10.6 Å². The zero-order valence-corrected chi connectivity index (χ0v) is 13.4. The van der Waals surface area contributed by atoms with Crippen molar-refractivity contribution in [3.63, 3.8) is 0 Å². The van der Waals surface area contributed by atoms with E-state index in [1.165, 1.54) is 10.3 Å². The van der Waals surface area contributed by atoms with Gasteiger partial charge in [-0.05, 0) is 31.7 Å². The third-order valence-corrected chi connectivity index (χ3v) is 5.06. The molecule has 2 unspecified atom stereocenters. The maximum atomic E-state index is 4.77. The zero-order valence-electron chi connectivity index (χ0n) is 12.6. The van der Waals surface area contributed by atoms with Crippen molar-refractivity contribution in [2.75, 3.05) is 29.9 Å². The molecular formula is C15H22N4S. The summed E-state index contributed by atoms with van der Waals surface area (Å²) in [6.45, 7) is 11.9. The van der Waals surface area contributed by atoms with Gasteiger partial charge in [-0.2, -0.15) is 4.98 Å². The number of aromatic nitrogens is 2. The summed E-state index contributed by atoms with van der Waals surface area (Å²) in [7, 11) is 0. The highest BCUT2D eigenvalue weighted by Crippen LogP contribution is 2.35. The van der Waals surface area contributed by atoms with Crippen molar-refractivity contribution in [1.29, 1.82) is 0 Å². The van der Waals surface area contributed by atoms with Crippen LogP contribution in [0.3, 0.4) is 0 Å². The molecule has 1 saturated heterocycles. The predicted octanol–water partition coefficient (Wildman–Crippen LogP) is 3.52. The first-order chi connectivity index (χ1) is 9.58. The molecule has 0 spiro atoms. The van der Waals surface area contributed by atoms with E-state index in [2.05, 4.69) is 49.0 Å². The van der Waals surface area contributed by atoms with Gasteiger partial charge in [0.25, 0.3) is 0 Å². The summed E-state index contributed by atoms with van der Waals surface area (Å²) in [6.07, 6.45) is 0. The van der Waals surface area contributed by atoms with Crippen molar-refractivity contribution in [3.05, 3.63) is 10.9 Å². The Hall–Kier alpha value is -1.36. The van der Waals surface area contributed by atoms with E-state index in [1.807, 2.05) is 0 Å². The summed E-state index contributed by atoms with van der Waals surface area (Å²) in [4.78, 5) is 14.2. The van der Waals surface area contributed by atoms with E-state index >= 15 is 0 Å². The van der Waals surface area contributed by atoms with Crippen molar-refractivity contribution in [1.82, 2.24) is 9.97 Å². The van der Waals surface area contributed by atoms with Gasteiger partial charge < -0.3 is 10.2 Å². The number of thiophene rings is 1. The number of rotatable bonds is 3. The number of aryl methyl sites for hydroxylation is 1. The predicted molar refractivity (Wildman–Crippen MR) is 86.9 cm³/mol. The molecule has 1 N–H and O–H groups in total. The van der Waals surface area contributed by atoms with E-state index in [0.29, 0.717) is 0 Å². The van der Waals surface area contributed by atoms with E-state index < -0.39 is 0 Å². The molecule has 3 rings (SSSR count). The van der Waals surface area contributed by atoms with Crippen LogP contribution in [0.4, 0.5) is 11.8 Å². The lowest BCUT2D eigenvalue weighted by Gasteiger charge is -2.19. The minimum absolute atomic E-state index is 0.724. The van der Waals surface area contributed by atoms with Crippen molar-refractivity contribution in [2.24, 2.45) is 11.8 Å². The largest absolute Gasteiger partial charge is 0.355 e. The Morgan fingerprint density at radius 2 is 2.00 bits per heavy atom. The molecule has 1 fully saturated rings. The Labute approximate surface area is 124 Å². The molecule has 108 valence electrons. The molecule has 0 saturated carbocycles. The second-order valence-corrected chi connectivity index (χ2v) is 7.07. The Kier molecular flexibility index (Phi) is 3.54. The summed E-state index contributed by atoms with van der Waals surface area (Å²) in [6, 6.07) is 2.22. The highest BCUT2D eigenvalue weighted by atomic mass is 32.1. The third-order valence-electron chi connectivity index (χ3n) is 4.12. The molecule has 2 aromatic rings. The lowest BCUT2D eigenvalue weighted by atomic mass is 10.0. The van der Waals surface area contributed by atoms with Gasteiger partial charge in [0, 0.05) is 24.5 Å². The molecule has 2 atom stereocenters. The van der Waals surface area contributed by atoms with Gasteiger partial charge in [-0.15, -0.1) is 11.3 Å². The Balaban J connectivity index is 2.07. The molecule has 0 radical (unpaired) electrons. The molecular weight excluding hydrogens is 268 g/mol. The summed E-state index contributed by atoms with van der Waals surface area (Å²) in [5.74, 6) is 3.31. The molecule has 20 heavy (non-hydrogen) atoms. The number of hydrogen-bond acceptors (Lipinski definition) is 5. The van der Waals surface area contributed by atoms with Crippen LogP contribution in [-0.4, -0.2) is 29.6 Å². The van der Waals surface area contributed by atoms with E-state index in [-0.39, 0.29) is 0 Å². The van der Waals surface area contributed by atoms with Crippen LogP contribution in [0.25, 0.3) is 10.2 Å². The lowest BCUT2D eigenvalue weighted by Crippen LogP contribution is -2.21. The monoisotopic (exact) mass is 290 g/mol. The molecule has 0 aromatic carbocycles. The van der Waals surface area contributed by atoms with Gasteiger partial charge in [-0.25, -0.2) is 4.98 Å². The second kappa shape index (κ2) is 5.20. The summed E-state index contributed by atoms with van der Waals surface area (Å²) in [5, 5.41) is 4.46. The number of nitrogens with one attached hydrogen (secondary N) is 1. The normalized spacial score (nSPS) is 22.7. The molecule has 3 heterocycles. The van der Waals surface area contributed by atoms with Crippen LogP contribution in [0.5, 0.6) is 0 Å². The highest BCUT2D eigenvalue weighted by Gasteiger charge is 2.28. The summed E-state index contributed by atoms with van der Waals surface area (Å²) >= 11 is 1.75. The second-order valence-electron chi connectivity index (χ2n) is 5.84. The number of anilines is 2. The molecule has 2 aromatic heterocycles. The Morgan fingerprint density at radius 3 is 2.65 bits per heavy atom. The number of nitrogens with zero attached hydrogens (tertiary/aromatic N) is 3. The quantitative estimate of drug-likeness (QED) is 0.939. The van der Waals surface area contributed by atoms with Gasteiger partial charge in [0.05, 0.1) is 5.39 Å². The van der Waals surface area contributed by atoms with Gasteiger partial charge >= 0.3 is 0 Å². The topological polar surface area (TPSA) is 41.1 Å². The summed E-state index contributed by atoms with van der Waals surface area (Å²) < 4.78 is 0. The van der Waals surface area contributed by atoms with E-state index in [1.54, 1.807) is 11.3 Å². The van der Waals surface area contributed by atoms with Crippen LogP contribution in [0.2, 0.25) is 0 Å². The third kappa shape index (κ3) is 2.35. The Bertz CT molecular complexity index is 612. The molecule has 1 aliphatic heterocycles. The zero-order chi connectivity index (χ0) is 14.3. The fourth-order valence-electron chi connectivity index (χ4n) is 2.81. The van der Waals surface area contributed by atoms with Crippen molar-refractivity contribution in [2.45, 2.75) is 27.7 Å². The van der Waals surface area contributed by atoms with E-state index in [0.717, 1.165) is 48.1 Å². The maximum absolute atomic E-state index is 4.77. The van der Waals surface area contributed by atoms with Gasteiger partial charge in [-0.3, -0.25) is 0 Å². The maximum Gasteiger partial charge on any atom is 0.226 e. The lowest BCUT2D eigenvalue weighted by molar-refractivity contribution is 0.494. The molecule has 0 amide bonds. The first-order valence-electron chi connectivity index (χ1n) is 7.35. The molecule has 0 bridgehead atoms. The highest BCUT2D eigenvalue weighted by molar-refractivity contribution is 7.18. The van der Waals surface area contributed by atoms with Crippen LogP contribution in [0.15, 0.2) is 6.07 Å². The summed E-state index contributed by atoms with van der Waals surface area (Å²) in [5.41, 5.74) is 0. The van der Waals surface area contributed by atoms with Crippen molar-refractivity contribution >= 4 is 33.3 Å². The average Bonchev–Trinajstić information content (AvgIpc) is 2.92. The van der Waals surface area contributed by atoms with Crippen molar-refractivity contribution < 1.29 is 0 Å². The molecule has 1 aliphatic rings. The van der Waals surface area contributed by atoms with Crippen LogP contribution < -0.4 is 10.2 Å². The molecule has 4 nitrogen and oxygen atoms in total. The van der Waals surface area contributed by atoms with Gasteiger partial charge in [-0.1, -0.05) is 13.8 Å². The van der Waals surface area contributed by atoms with Crippen LogP contribution in [0.1, 0.15) is 25.6 Å². The smallest absolute Gasteiger partial charge is 0.226 e. The standard InChI is InChI=1S/C15H22N4S/c1-5-16-15-17-13(19-7-9(2)10(3)8-19)12-6-11(4)20-14(12)18-15/h6,9-10H,5,7-8H2,1-4H3,(H,16,17,18).